The van der Waals surface area contributed by atoms with Crippen molar-refractivity contribution in [1.29, 1.82) is 0 Å². The van der Waals surface area contributed by atoms with Crippen LogP contribution in [0, 0.1) is 6.92 Å². The van der Waals surface area contributed by atoms with Crippen molar-refractivity contribution in [3.05, 3.63) is 58.7 Å². The largest absolute Gasteiger partial charge is 0.353 e. The number of aromatic amines is 1. The molecule has 0 aliphatic carbocycles. The van der Waals surface area contributed by atoms with Gasteiger partial charge in [-0.2, -0.15) is 0 Å². The molecule has 3 rings (SSSR count). The highest BCUT2D eigenvalue weighted by atomic mass is 35.5. The number of hydrogen-bond donors (Lipinski definition) is 2. The first-order chi connectivity index (χ1) is 11.6. The lowest BCUT2D eigenvalue weighted by atomic mass is 10.2. The molecule has 2 aromatic carbocycles. The van der Waals surface area contributed by atoms with E-state index >= 15 is 0 Å². The Kier molecular flexibility index (Phi) is 6.52. The molecule has 3 N–H and O–H groups in total. The van der Waals surface area contributed by atoms with Gasteiger partial charge < -0.3 is 15.2 Å². The Morgan fingerprint density at radius 2 is 1.83 bits per heavy atom. The summed E-state index contributed by atoms with van der Waals surface area (Å²) in [6.45, 7) is 2.04. The van der Waals surface area contributed by atoms with Gasteiger partial charge in [-0.1, -0.05) is 41.4 Å². The van der Waals surface area contributed by atoms with Crippen LogP contribution in [0.25, 0.3) is 10.9 Å². The molecule has 6 heteroatoms. The lowest BCUT2D eigenvalue weighted by molar-refractivity contribution is 0.112. The summed E-state index contributed by atoms with van der Waals surface area (Å²) in [4.78, 5) is 14.6. The minimum atomic E-state index is -1.08. The topological polar surface area (TPSA) is 68.1 Å². The maximum Gasteiger partial charge on any atom is 0.167 e. The van der Waals surface area contributed by atoms with Crippen molar-refractivity contribution >= 4 is 47.5 Å². The molecule has 0 aliphatic heterocycles. The van der Waals surface area contributed by atoms with Gasteiger partial charge in [0.1, 0.15) is 0 Å². The molecule has 126 valence electrons. The molecule has 0 aliphatic rings. The van der Waals surface area contributed by atoms with E-state index in [4.69, 9.17) is 16.1 Å². The van der Waals surface area contributed by atoms with E-state index in [2.05, 4.69) is 10.7 Å². The smallest absolute Gasteiger partial charge is 0.167 e. The van der Waals surface area contributed by atoms with Crippen molar-refractivity contribution in [2.75, 3.05) is 14.2 Å². The van der Waals surface area contributed by atoms with Crippen LogP contribution in [0.15, 0.2) is 42.5 Å². The van der Waals surface area contributed by atoms with Gasteiger partial charge in [0, 0.05) is 33.6 Å². The SMILES string of the molecule is CN.COP(c1ccc(C)cc1)c1c(C=O)[nH]c2ccc(Cl)cc12. The number of aldehydes is 1. The highest BCUT2D eigenvalue weighted by Crippen LogP contribution is 2.38. The van der Waals surface area contributed by atoms with Crippen LogP contribution in [0.4, 0.5) is 0 Å². The zero-order valence-electron chi connectivity index (χ0n) is 13.8. The monoisotopic (exact) mass is 362 g/mol. The predicted octanol–water partition coefficient (Wildman–Crippen LogP) is 3.51. The molecule has 0 bridgehead atoms. The first kappa shape index (κ1) is 18.6. The van der Waals surface area contributed by atoms with Gasteiger partial charge in [0.15, 0.2) is 6.29 Å². The van der Waals surface area contributed by atoms with Crippen molar-refractivity contribution in [2.24, 2.45) is 5.73 Å². The van der Waals surface area contributed by atoms with Crippen LogP contribution < -0.4 is 16.3 Å². The molecule has 0 saturated heterocycles. The number of H-pyrrole nitrogens is 1. The Morgan fingerprint density at radius 3 is 2.42 bits per heavy atom. The Labute approximate surface area is 147 Å². The molecule has 4 nitrogen and oxygen atoms in total. The van der Waals surface area contributed by atoms with Crippen LogP contribution in [0.2, 0.25) is 5.02 Å². The summed E-state index contributed by atoms with van der Waals surface area (Å²) >= 11 is 6.12. The summed E-state index contributed by atoms with van der Waals surface area (Å²) in [5.41, 5.74) is 7.12. The standard InChI is InChI=1S/C17H15ClNO2P.CH5N/c1-11-3-6-13(7-4-11)22(21-2)17-14-9-12(18)5-8-15(14)19-16(17)10-20;1-2/h3-10,19H,1-2H3;2H2,1H3. The molecule has 24 heavy (non-hydrogen) atoms. The lowest BCUT2D eigenvalue weighted by Gasteiger charge is -2.16. The van der Waals surface area contributed by atoms with Crippen molar-refractivity contribution in [3.63, 3.8) is 0 Å². The van der Waals surface area contributed by atoms with Crippen LogP contribution in [0.3, 0.4) is 0 Å². The molecule has 0 spiro atoms. The summed E-state index contributed by atoms with van der Waals surface area (Å²) < 4.78 is 5.75. The third kappa shape index (κ3) is 3.68. The maximum absolute atomic E-state index is 11.5. The Hall–Kier alpha value is -1.71. The Morgan fingerprint density at radius 1 is 1.17 bits per heavy atom. The van der Waals surface area contributed by atoms with Crippen LogP contribution >= 0.6 is 19.7 Å². The second-order valence-electron chi connectivity index (χ2n) is 5.01. The van der Waals surface area contributed by atoms with Crippen LogP contribution in [0.1, 0.15) is 16.1 Å². The highest BCUT2D eigenvalue weighted by Gasteiger charge is 2.22. The molecule has 1 heterocycles. The van der Waals surface area contributed by atoms with E-state index in [0.717, 1.165) is 27.8 Å². The quantitative estimate of drug-likeness (QED) is 0.551. The maximum atomic E-state index is 11.5. The van der Waals surface area contributed by atoms with Gasteiger partial charge >= 0.3 is 0 Å². The van der Waals surface area contributed by atoms with E-state index < -0.39 is 8.15 Å². The fraction of sp³-hybridized carbons (Fsp3) is 0.167. The van der Waals surface area contributed by atoms with Crippen molar-refractivity contribution in [1.82, 2.24) is 4.98 Å². The third-order valence-electron chi connectivity index (χ3n) is 3.53. The number of hydrogen-bond acceptors (Lipinski definition) is 3. The van der Waals surface area contributed by atoms with Crippen molar-refractivity contribution in [2.45, 2.75) is 6.92 Å². The van der Waals surface area contributed by atoms with Gasteiger partial charge in [-0.25, -0.2) is 0 Å². The van der Waals surface area contributed by atoms with Crippen LogP contribution in [-0.4, -0.2) is 25.4 Å². The van der Waals surface area contributed by atoms with Crippen LogP contribution in [-0.2, 0) is 4.52 Å². The van der Waals surface area contributed by atoms with Gasteiger partial charge in [-0.15, -0.1) is 0 Å². The average molecular weight is 363 g/mol. The Bertz CT molecular complexity index is 831. The first-order valence-electron chi connectivity index (χ1n) is 7.39. The van der Waals surface area contributed by atoms with E-state index in [1.165, 1.54) is 12.6 Å². The van der Waals surface area contributed by atoms with E-state index in [0.29, 0.717) is 10.7 Å². The number of carbonyl (C=O) groups is 1. The number of nitrogens with one attached hydrogen (secondary N) is 1. The molecule has 0 saturated carbocycles. The first-order valence-corrected chi connectivity index (χ1v) is 9.03. The molecule has 1 atom stereocenters. The van der Waals surface area contributed by atoms with Gasteiger partial charge in [0.2, 0.25) is 0 Å². The molecule has 1 aromatic heterocycles. The summed E-state index contributed by atoms with van der Waals surface area (Å²) in [6.07, 6.45) is 0.839. The highest BCUT2D eigenvalue weighted by molar-refractivity contribution is 7.69. The average Bonchev–Trinajstić information content (AvgIpc) is 2.97. The number of aryl methyl sites for hydroxylation is 1. The summed E-state index contributed by atoms with van der Waals surface area (Å²) in [5.74, 6) is 0. The number of nitrogens with two attached hydrogens (primary N) is 1. The molecule has 1 unspecified atom stereocenters. The molecule has 0 radical (unpaired) electrons. The van der Waals surface area contributed by atoms with Crippen molar-refractivity contribution in [3.8, 4) is 0 Å². The van der Waals surface area contributed by atoms with Gasteiger partial charge in [0.05, 0.1) is 13.8 Å². The molecular formula is C18H20ClN2O2P. The van der Waals surface area contributed by atoms with Crippen molar-refractivity contribution < 1.29 is 9.32 Å². The minimum absolute atomic E-state index is 0.547. The Balaban J connectivity index is 0.00000100. The zero-order valence-corrected chi connectivity index (χ0v) is 15.5. The number of halogens is 1. The summed E-state index contributed by atoms with van der Waals surface area (Å²) in [5, 5.41) is 3.52. The van der Waals surface area contributed by atoms with Gasteiger partial charge in [0.25, 0.3) is 0 Å². The second kappa shape index (κ2) is 8.41. The number of aromatic nitrogens is 1. The number of fused-ring (bicyclic) bond motifs is 1. The number of benzene rings is 2. The number of carbonyl (C=O) groups excluding carboxylic acids is 1. The van der Waals surface area contributed by atoms with Crippen LogP contribution in [0.5, 0.6) is 0 Å². The fourth-order valence-electron chi connectivity index (χ4n) is 2.48. The fourth-order valence-corrected chi connectivity index (χ4v) is 4.46. The molecule has 0 amide bonds. The minimum Gasteiger partial charge on any atom is -0.353 e. The van der Waals surface area contributed by atoms with Gasteiger partial charge in [-0.05, 0) is 32.2 Å². The van der Waals surface area contributed by atoms with E-state index in [-0.39, 0.29) is 0 Å². The van der Waals surface area contributed by atoms with E-state index in [1.54, 1.807) is 13.2 Å². The van der Waals surface area contributed by atoms with E-state index in [1.807, 2.05) is 43.3 Å². The normalized spacial score (nSPS) is 11.7. The summed E-state index contributed by atoms with van der Waals surface area (Å²) in [7, 11) is 2.09. The van der Waals surface area contributed by atoms with E-state index in [9.17, 15) is 4.79 Å². The molecule has 0 fully saturated rings. The third-order valence-corrected chi connectivity index (χ3v) is 5.79. The zero-order chi connectivity index (χ0) is 17.7. The summed E-state index contributed by atoms with van der Waals surface area (Å²) in [6, 6.07) is 13.7. The second-order valence-corrected chi connectivity index (χ2v) is 7.36. The lowest BCUT2D eigenvalue weighted by Crippen LogP contribution is -2.15. The predicted molar refractivity (Wildman–Crippen MR) is 103 cm³/mol. The van der Waals surface area contributed by atoms with Gasteiger partial charge in [-0.3, -0.25) is 4.79 Å². The number of rotatable bonds is 4. The molecular weight excluding hydrogens is 343 g/mol. The molecule has 3 aromatic rings.